The van der Waals surface area contributed by atoms with Crippen molar-refractivity contribution in [1.82, 2.24) is 5.32 Å². The molecule has 1 N–H and O–H groups in total. The molecule has 0 saturated heterocycles. The van der Waals surface area contributed by atoms with Gasteiger partial charge in [-0.25, -0.2) is 4.99 Å². The predicted molar refractivity (Wildman–Crippen MR) is 163 cm³/mol. The van der Waals surface area contributed by atoms with E-state index in [-0.39, 0.29) is 0 Å². The molecule has 0 amide bonds. The van der Waals surface area contributed by atoms with E-state index < -0.39 is 0 Å². The van der Waals surface area contributed by atoms with Crippen LogP contribution in [0.1, 0.15) is 50.1 Å². The standard InChI is InChI=1S/C37H28N2/c1-2-12-26(13-3-1)37(38-35-24-29-16-6-4-14-27(29)22-31-18-8-10-20-33(31)35)39-36-25-30-17-7-5-15-28(30)23-32-19-9-11-21-34(32)36/h1-21,24-25H,22-23H2,(H,38,39). The van der Waals surface area contributed by atoms with Gasteiger partial charge in [0.2, 0.25) is 0 Å². The van der Waals surface area contributed by atoms with Gasteiger partial charge in [0.05, 0.1) is 5.70 Å². The van der Waals surface area contributed by atoms with Crippen LogP contribution < -0.4 is 5.32 Å². The molecular formula is C37H28N2. The zero-order chi connectivity index (χ0) is 26.0. The molecule has 2 aliphatic carbocycles. The van der Waals surface area contributed by atoms with E-state index in [1.54, 1.807) is 0 Å². The third-order valence-electron chi connectivity index (χ3n) is 7.60. The van der Waals surface area contributed by atoms with Gasteiger partial charge in [0.15, 0.2) is 0 Å². The maximum Gasteiger partial charge on any atom is 0.138 e. The van der Waals surface area contributed by atoms with Crippen molar-refractivity contribution in [1.29, 1.82) is 0 Å². The molecular weight excluding hydrogens is 472 g/mol. The smallest absolute Gasteiger partial charge is 0.138 e. The molecule has 0 saturated carbocycles. The topological polar surface area (TPSA) is 24.4 Å². The van der Waals surface area contributed by atoms with Crippen LogP contribution in [0.4, 0.5) is 0 Å². The molecule has 0 spiro atoms. The molecule has 0 radical (unpaired) electrons. The van der Waals surface area contributed by atoms with Gasteiger partial charge < -0.3 is 5.32 Å². The summed E-state index contributed by atoms with van der Waals surface area (Å²) in [6, 6.07) is 45.0. The lowest BCUT2D eigenvalue weighted by Crippen LogP contribution is -2.23. The molecule has 0 atom stereocenters. The number of rotatable bonds is 3. The van der Waals surface area contributed by atoms with Crippen LogP contribution >= 0.6 is 0 Å². The average Bonchev–Trinajstić information content (AvgIpc) is 3.25. The molecule has 7 rings (SSSR count). The summed E-state index contributed by atoms with van der Waals surface area (Å²) in [5.41, 5.74) is 13.1. The number of amidine groups is 1. The van der Waals surface area contributed by atoms with Crippen LogP contribution in [0.25, 0.3) is 23.5 Å². The zero-order valence-electron chi connectivity index (χ0n) is 21.6. The number of nitrogens with zero attached hydrogens (tertiary/aromatic N) is 1. The second kappa shape index (κ2) is 10.1. The minimum atomic E-state index is 0.830. The summed E-state index contributed by atoms with van der Waals surface area (Å²) in [7, 11) is 0. The van der Waals surface area contributed by atoms with Crippen molar-refractivity contribution in [3.05, 3.63) is 177 Å². The second-order valence-electron chi connectivity index (χ2n) is 10.1. The summed E-state index contributed by atoms with van der Waals surface area (Å²) in [4.78, 5) is 5.39. The summed E-state index contributed by atoms with van der Waals surface area (Å²) in [5, 5.41) is 3.80. The summed E-state index contributed by atoms with van der Waals surface area (Å²) in [6.07, 6.45) is 6.30. The highest BCUT2D eigenvalue weighted by atomic mass is 15.0. The van der Waals surface area contributed by atoms with Crippen LogP contribution in [0, 0.1) is 0 Å². The molecule has 2 heteroatoms. The molecule has 186 valence electrons. The lowest BCUT2D eigenvalue weighted by Gasteiger charge is -2.17. The number of fused-ring (bicyclic) bond motifs is 4. The van der Waals surface area contributed by atoms with Crippen molar-refractivity contribution in [2.75, 3.05) is 0 Å². The molecule has 0 bridgehead atoms. The number of nitrogens with one attached hydrogen (secondary N) is 1. The summed E-state index contributed by atoms with van der Waals surface area (Å²) in [6.45, 7) is 0. The van der Waals surface area contributed by atoms with Crippen molar-refractivity contribution >= 4 is 29.4 Å². The van der Waals surface area contributed by atoms with Gasteiger partial charge in [-0.1, -0.05) is 127 Å². The quantitative estimate of drug-likeness (QED) is 0.196. The Morgan fingerprint density at radius 1 is 0.487 bits per heavy atom. The Bertz CT molecular complexity index is 1770. The number of aliphatic imine (C=N–C) groups is 1. The van der Waals surface area contributed by atoms with Crippen LogP contribution in [-0.2, 0) is 12.8 Å². The third kappa shape index (κ3) is 4.62. The molecule has 0 aromatic heterocycles. The molecule has 39 heavy (non-hydrogen) atoms. The van der Waals surface area contributed by atoms with Crippen LogP contribution in [0.3, 0.4) is 0 Å². The zero-order valence-corrected chi connectivity index (χ0v) is 21.6. The molecule has 5 aromatic carbocycles. The van der Waals surface area contributed by atoms with E-state index in [1.807, 2.05) is 6.07 Å². The lowest BCUT2D eigenvalue weighted by atomic mass is 9.99. The van der Waals surface area contributed by atoms with E-state index in [0.29, 0.717) is 0 Å². The van der Waals surface area contributed by atoms with Gasteiger partial charge in [0, 0.05) is 22.4 Å². The van der Waals surface area contributed by atoms with E-state index in [4.69, 9.17) is 4.99 Å². The van der Waals surface area contributed by atoms with E-state index in [0.717, 1.165) is 35.6 Å². The van der Waals surface area contributed by atoms with Gasteiger partial charge in [-0.05, 0) is 58.4 Å². The van der Waals surface area contributed by atoms with Gasteiger partial charge in [0.1, 0.15) is 5.84 Å². The number of benzene rings is 5. The molecule has 0 heterocycles. The molecule has 5 aromatic rings. The highest BCUT2D eigenvalue weighted by Gasteiger charge is 2.19. The Kier molecular flexibility index (Phi) is 5.99. The maximum atomic E-state index is 5.39. The number of hydrogen-bond donors (Lipinski definition) is 1. The molecule has 2 aliphatic rings. The SMILES string of the molecule is C1=C(N=C(NC2=Cc3ccccc3Cc3ccccc32)c2ccccc2)c2ccccc2Cc2ccccc21. The van der Waals surface area contributed by atoms with Crippen LogP contribution in [-0.4, -0.2) is 5.84 Å². The summed E-state index contributed by atoms with van der Waals surface area (Å²) in [5.74, 6) is 0.830. The Morgan fingerprint density at radius 2 is 1.00 bits per heavy atom. The molecule has 0 aliphatic heterocycles. The minimum Gasteiger partial charge on any atom is -0.339 e. The Labute approximate surface area is 229 Å². The Hall–Kier alpha value is -4.95. The number of hydrogen-bond acceptors (Lipinski definition) is 1. The van der Waals surface area contributed by atoms with Crippen molar-refractivity contribution in [2.24, 2.45) is 4.99 Å². The monoisotopic (exact) mass is 500 g/mol. The molecule has 0 fully saturated rings. The van der Waals surface area contributed by atoms with E-state index in [1.165, 1.54) is 44.5 Å². The summed E-state index contributed by atoms with van der Waals surface area (Å²) < 4.78 is 0. The molecule has 2 nitrogen and oxygen atoms in total. The fourth-order valence-electron chi connectivity index (χ4n) is 5.61. The Morgan fingerprint density at radius 3 is 1.69 bits per heavy atom. The van der Waals surface area contributed by atoms with Gasteiger partial charge in [-0.2, -0.15) is 0 Å². The Balaban J connectivity index is 1.41. The maximum absolute atomic E-state index is 5.39. The van der Waals surface area contributed by atoms with Gasteiger partial charge in [0.25, 0.3) is 0 Å². The first-order valence-corrected chi connectivity index (χ1v) is 13.5. The van der Waals surface area contributed by atoms with Gasteiger partial charge in [-0.3, -0.25) is 0 Å². The summed E-state index contributed by atoms with van der Waals surface area (Å²) >= 11 is 0. The second-order valence-corrected chi connectivity index (χ2v) is 10.1. The first kappa shape index (κ1) is 23.2. The predicted octanol–water partition coefficient (Wildman–Crippen LogP) is 8.23. The van der Waals surface area contributed by atoms with Crippen molar-refractivity contribution in [3.63, 3.8) is 0 Å². The van der Waals surface area contributed by atoms with Crippen molar-refractivity contribution in [3.8, 4) is 0 Å². The van der Waals surface area contributed by atoms with Gasteiger partial charge >= 0.3 is 0 Å². The van der Waals surface area contributed by atoms with Gasteiger partial charge in [-0.15, -0.1) is 0 Å². The highest BCUT2D eigenvalue weighted by molar-refractivity contribution is 6.09. The van der Waals surface area contributed by atoms with Crippen LogP contribution in [0.5, 0.6) is 0 Å². The first-order valence-electron chi connectivity index (χ1n) is 13.5. The fourth-order valence-corrected chi connectivity index (χ4v) is 5.61. The normalized spacial score (nSPS) is 13.9. The third-order valence-corrected chi connectivity index (χ3v) is 7.60. The van der Waals surface area contributed by atoms with E-state index in [2.05, 4.69) is 139 Å². The van der Waals surface area contributed by atoms with Crippen molar-refractivity contribution < 1.29 is 0 Å². The van der Waals surface area contributed by atoms with E-state index in [9.17, 15) is 0 Å². The molecule has 0 unspecified atom stereocenters. The van der Waals surface area contributed by atoms with Crippen LogP contribution in [0.2, 0.25) is 0 Å². The highest BCUT2D eigenvalue weighted by Crippen LogP contribution is 2.33. The van der Waals surface area contributed by atoms with Crippen LogP contribution in [0.15, 0.2) is 132 Å². The first-order chi connectivity index (χ1) is 19.3. The largest absolute Gasteiger partial charge is 0.339 e. The fraction of sp³-hybridized carbons (Fsp3) is 0.0541. The van der Waals surface area contributed by atoms with Crippen molar-refractivity contribution in [2.45, 2.75) is 12.8 Å². The lowest BCUT2D eigenvalue weighted by molar-refractivity contribution is 1.17. The average molecular weight is 501 g/mol. The minimum absolute atomic E-state index is 0.830. The van der Waals surface area contributed by atoms with E-state index >= 15 is 0 Å².